The van der Waals surface area contributed by atoms with Gasteiger partial charge in [0.05, 0.1) is 24.9 Å². The van der Waals surface area contributed by atoms with Crippen molar-refractivity contribution in [3.8, 4) is 5.75 Å². The lowest BCUT2D eigenvalue weighted by atomic mass is 10.0. The van der Waals surface area contributed by atoms with Gasteiger partial charge in [0.1, 0.15) is 24.0 Å². The van der Waals surface area contributed by atoms with Crippen molar-refractivity contribution in [3.63, 3.8) is 0 Å². The minimum atomic E-state index is -0.944. The number of benzene rings is 1. The van der Waals surface area contributed by atoms with E-state index in [1.54, 1.807) is 52.0 Å². The number of carbonyl (C=O) groups excluding carboxylic acids is 4. The normalized spacial score (nSPS) is 15.5. The molecular weight excluding hydrogens is 536 g/mol. The first-order valence-corrected chi connectivity index (χ1v) is 13.8. The summed E-state index contributed by atoms with van der Waals surface area (Å²) in [4.78, 5) is 54.6. The second-order valence-corrected chi connectivity index (χ2v) is 11.5. The third-order valence-electron chi connectivity index (χ3n) is 5.58. The molecule has 1 N–H and O–H groups in total. The Morgan fingerprint density at radius 1 is 0.951 bits per heavy atom. The van der Waals surface area contributed by atoms with E-state index in [4.69, 9.17) is 28.5 Å². The Bertz CT molecular complexity index is 1010. The summed E-state index contributed by atoms with van der Waals surface area (Å²) in [6, 6.07) is 5.31. The first kappa shape index (κ1) is 34.0. The van der Waals surface area contributed by atoms with Crippen LogP contribution in [0.25, 0.3) is 0 Å². The minimum absolute atomic E-state index is 0.0322. The molecule has 1 aliphatic heterocycles. The fraction of sp³-hybridized carbons (Fsp3) is 0.655. The van der Waals surface area contributed by atoms with Crippen LogP contribution >= 0.6 is 0 Å². The number of esters is 1. The topological polar surface area (TPSA) is 139 Å². The lowest BCUT2D eigenvalue weighted by Gasteiger charge is -2.31. The first-order valence-electron chi connectivity index (χ1n) is 13.8. The van der Waals surface area contributed by atoms with Gasteiger partial charge in [-0.2, -0.15) is 0 Å². The highest BCUT2D eigenvalue weighted by Crippen LogP contribution is 2.17. The van der Waals surface area contributed by atoms with Gasteiger partial charge in [-0.25, -0.2) is 9.59 Å². The molecule has 12 nitrogen and oxygen atoms in total. The lowest BCUT2D eigenvalue weighted by molar-refractivity contribution is -0.166. The van der Waals surface area contributed by atoms with Gasteiger partial charge in [0.2, 0.25) is 5.91 Å². The highest BCUT2D eigenvalue weighted by atomic mass is 16.8. The van der Waals surface area contributed by atoms with Crippen molar-refractivity contribution in [3.05, 3.63) is 29.8 Å². The van der Waals surface area contributed by atoms with E-state index in [9.17, 15) is 19.2 Å². The molecule has 1 heterocycles. The number of ether oxygens (including phenoxy) is 5. The average Bonchev–Trinajstić information content (AvgIpc) is 2.88. The van der Waals surface area contributed by atoms with Crippen LogP contribution in [0.5, 0.6) is 5.75 Å². The van der Waals surface area contributed by atoms with Crippen molar-refractivity contribution < 1.29 is 47.7 Å². The fourth-order valence-corrected chi connectivity index (χ4v) is 3.67. The van der Waals surface area contributed by atoms with Crippen LogP contribution < -0.4 is 10.1 Å². The maximum Gasteiger partial charge on any atom is 0.528 e. The van der Waals surface area contributed by atoms with Crippen molar-refractivity contribution >= 4 is 23.8 Å². The van der Waals surface area contributed by atoms with Crippen LogP contribution in [-0.4, -0.2) is 91.7 Å². The molecule has 0 aliphatic carbocycles. The van der Waals surface area contributed by atoms with Crippen molar-refractivity contribution in [2.45, 2.75) is 84.7 Å². The molecule has 41 heavy (non-hydrogen) atoms. The van der Waals surface area contributed by atoms with E-state index >= 15 is 0 Å². The van der Waals surface area contributed by atoms with E-state index in [0.717, 1.165) is 0 Å². The summed E-state index contributed by atoms with van der Waals surface area (Å²) in [5.74, 6) is -0.886. The number of Topliss-reactive ketones (excluding diaryl/α,β-unsaturated/α-hetero) is 1. The van der Waals surface area contributed by atoms with Crippen LogP contribution in [0.15, 0.2) is 24.3 Å². The van der Waals surface area contributed by atoms with Gasteiger partial charge < -0.3 is 33.8 Å². The summed E-state index contributed by atoms with van der Waals surface area (Å²) >= 11 is 0. The number of carbonyl (C=O) groups is 4. The number of rotatable bonds is 13. The Labute approximate surface area is 241 Å². The number of ketones is 1. The number of hydroxylamine groups is 2. The lowest BCUT2D eigenvalue weighted by Crippen LogP contribution is -2.47. The van der Waals surface area contributed by atoms with Gasteiger partial charge in [-0.05, 0) is 85.6 Å². The molecule has 0 bridgehead atoms. The van der Waals surface area contributed by atoms with Crippen LogP contribution in [0.4, 0.5) is 4.79 Å². The van der Waals surface area contributed by atoms with Gasteiger partial charge >= 0.3 is 12.1 Å². The molecular formula is C29H44N2O10. The first-order chi connectivity index (χ1) is 19.1. The Hall–Kier alpha value is -3.22. The number of amides is 1. The monoisotopic (exact) mass is 580 g/mol. The number of nitrogens with zero attached hydrogens (tertiary/aromatic N) is 1. The van der Waals surface area contributed by atoms with Crippen molar-refractivity contribution in [2.75, 3.05) is 39.5 Å². The number of nitrogens with one attached hydrogen (secondary N) is 1. The molecule has 1 fully saturated rings. The van der Waals surface area contributed by atoms with E-state index in [1.165, 1.54) is 5.06 Å². The number of piperidine rings is 1. The van der Waals surface area contributed by atoms with E-state index in [0.29, 0.717) is 37.2 Å². The summed E-state index contributed by atoms with van der Waals surface area (Å²) in [6.07, 6.45) is 0.136. The van der Waals surface area contributed by atoms with Crippen LogP contribution in [-0.2, 0) is 33.4 Å². The summed E-state index contributed by atoms with van der Waals surface area (Å²) in [6.45, 7) is 13.2. The third-order valence-corrected chi connectivity index (χ3v) is 5.58. The van der Waals surface area contributed by atoms with Crippen LogP contribution in [0, 0.1) is 0 Å². The summed E-state index contributed by atoms with van der Waals surface area (Å²) in [7, 11) is 0. The number of hydrogen-bond donors (Lipinski definition) is 1. The molecule has 0 saturated carbocycles. The molecule has 12 heteroatoms. The SMILES string of the molecule is CCOC(=O)COc1ccc(C(=O)[C@H](COC(C)(C)C)NC(=O)COC2CCN(OC(=O)OC(C)(C)C)CC2)cc1. The minimum Gasteiger partial charge on any atom is -0.482 e. The molecule has 0 spiro atoms. The molecule has 1 amide bonds. The summed E-state index contributed by atoms with van der Waals surface area (Å²) in [5.41, 5.74) is -0.832. The predicted molar refractivity (Wildman–Crippen MR) is 148 cm³/mol. The Morgan fingerprint density at radius 3 is 2.15 bits per heavy atom. The predicted octanol–water partition coefficient (Wildman–Crippen LogP) is 3.46. The van der Waals surface area contributed by atoms with E-state index in [-0.39, 0.29) is 38.3 Å². The standard InChI is InChI=1S/C29H44N2O10/c1-8-36-25(33)19-38-21-11-9-20(10-12-21)26(34)23(17-39-28(2,3)4)30-24(32)18-37-22-13-15-31(16-14-22)41-27(35)40-29(5,6)7/h9-12,22-23H,8,13-19H2,1-7H3,(H,30,32)/t23-/m0/s1. The van der Waals surface area contributed by atoms with Gasteiger partial charge in [-0.3, -0.25) is 9.59 Å². The Morgan fingerprint density at radius 2 is 1.59 bits per heavy atom. The molecule has 2 rings (SSSR count). The molecule has 1 aromatic rings. The molecule has 1 atom stereocenters. The van der Waals surface area contributed by atoms with Crippen LogP contribution in [0.3, 0.4) is 0 Å². The average molecular weight is 581 g/mol. The van der Waals surface area contributed by atoms with Crippen LogP contribution in [0.1, 0.15) is 71.7 Å². The maximum absolute atomic E-state index is 13.3. The van der Waals surface area contributed by atoms with E-state index < -0.39 is 35.3 Å². The van der Waals surface area contributed by atoms with E-state index in [2.05, 4.69) is 5.32 Å². The molecule has 1 aromatic carbocycles. The summed E-state index contributed by atoms with van der Waals surface area (Å²) in [5, 5.41) is 4.24. The molecule has 0 radical (unpaired) electrons. The zero-order chi connectivity index (χ0) is 30.6. The maximum atomic E-state index is 13.3. The molecule has 0 unspecified atom stereocenters. The second kappa shape index (κ2) is 15.7. The number of hydrogen-bond acceptors (Lipinski definition) is 11. The molecule has 1 aliphatic rings. The summed E-state index contributed by atoms with van der Waals surface area (Å²) < 4.78 is 26.9. The van der Waals surface area contributed by atoms with Crippen molar-refractivity contribution in [1.29, 1.82) is 0 Å². The Kier molecular flexibility index (Phi) is 13.0. The van der Waals surface area contributed by atoms with Gasteiger partial charge in [0.15, 0.2) is 12.4 Å². The third kappa shape index (κ3) is 13.8. The molecule has 0 aromatic heterocycles. The fourth-order valence-electron chi connectivity index (χ4n) is 3.67. The highest BCUT2D eigenvalue weighted by Gasteiger charge is 2.28. The highest BCUT2D eigenvalue weighted by molar-refractivity contribution is 6.02. The van der Waals surface area contributed by atoms with Gasteiger partial charge in [0, 0.05) is 18.7 Å². The van der Waals surface area contributed by atoms with Crippen LogP contribution in [0.2, 0.25) is 0 Å². The zero-order valence-electron chi connectivity index (χ0n) is 25.2. The largest absolute Gasteiger partial charge is 0.528 e. The zero-order valence-corrected chi connectivity index (χ0v) is 25.2. The molecule has 1 saturated heterocycles. The Balaban J connectivity index is 1.88. The van der Waals surface area contributed by atoms with E-state index in [1.807, 2.05) is 20.8 Å². The van der Waals surface area contributed by atoms with Crippen molar-refractivity contribution in [1.82, 2.24) is 10.4 Å². The van der Waals surface area contributed by atoms with Gasteiger partial charge in [0.25, 0.3) is 0 Å². The van der Waals surface area contributed by atoms with Gasteiger partial charge in [-0.1, -0.05) is 0 Å². The van der Waals surface area contributed by atoms with Gasteiger partial charge in [-0.15, -0.1) is 5.06 Å². The second-order valence-electron chi connectivity index (χ2n) is 11.5. The van der Waals surface area contributed by atoms with Crippen molar-refractivity contribution in [2.24, 2.45) is 0 Å². The smallest absolute Gasteiger partial charge is 0.482 e. The quantitative estimate of drug-likeness (QED) is 0.271. The molecule has 230 valence electrons.